The maximum Gasteiger partial charge on any atom is 0.160 e. The number of nitrogens with zero attached hydrogens (tertiary/aromatic N) is 3. The van der Waals surface area contributed by atoms with Crippen LogP contribution in [0.3, 0.4) is 0 Å². The van der Waals surface area contributed by atoms with Crippen LogP contribution in [-0.4, -0.2) is 33.7 Å². The first kappa shape index (κ1) is 14.3. The molecular formula is C16H25N5. The number of hydrogen-bond donors (Lipinski definition) is 2. The minimum atomic E-state index is 0.668. The molecule has 1 saturated heterocycles. The van der Waals surface area contributed by atoms with Gasteiger partial charge in [-0.05, 0) is 46.1 Å². The van der Waals surface area contributed by atoms with Crippen LogP contribution in [0.5, 0.6) is 0 Å². The lowest BCUT2D eigenvalue weighted by Gasteiger charge is -2.13. The van der Waals surface area contributed by atoms with Crippen LogP contribution in [0.15, 0.2) is 6.07 Å². The molecule has 3 heterocycles. The van der Waals surface area contributed by atoms with E-state index in [1.165, 1.54) is 24.9 Å². The first-order valence-electron chi connectivity index (χ1n) is 8.02. The molecule has 5 heteroatoms. The van der Waals surface area contributed by atoms with Crippen molar-refractivity contribution in [3.05, 3.63) is 23.0 Å². The Labute approximate surface area is 126 Å². The molecule has 0 saturated carbocycles. The molecule has 5 nitrogen and oxygen atoms in total. The second-order valence-electron chi connectivity index (χ2n) is 5.94. The molecule has 0 spiro atoms. The molecule has 21 heavy (non-hydrogen) atoms. The van der Waals surface area contributed by atoms with Crippen LogP contribution in [0.4, 0.5) is 5.82 Å². The second kappa shape index (κ2) is 6.02. The van der Waals surface area contributed by atoms with Crippen molar-refractivity contribution in [3.63, 3.8) is 0 Å². The smallest absolute Gasteiger partial charge is 0.160 e. The normalized spacial score (nSPS) is 18.5. The topological polar surface area (TPSA) is 54.2 Å². The molecule has 114 valence electrons. The summed E-state index contributed by atoms with van der Waals surface area (Å²) in [6.45, 7) is 8.42. The van der Waals surface area contributed by atoms with Crippen molar-refractivity contribution < 1.29 is 0 Å². The molecule has 0 bridgehead atoms. The summed E-state index contributed by atoms with van der Waals surface area (Å²) in [5.41, 5.74) is 4.32. The van der Waals surface area contributed by atoms with E-state index in [1.54, 1.807) is 0 Å². The van der Waals surface area contributed by atoms with E-state index in [1.807, 2.05) is 11.4 Å². The highest BCUT2D eigenvalue weighted by Crippen LogP contribution is 2.19. The lowest BCUT2D eigenvalue weighted by atomic mass is 10.1. The number of aryl methyl sites for hydroxylation is 3. The van der Waals surface area contributed by atoms with E-state index < -0.39 is 0 Å². The van der Waals surface area contributed by atoms with Gasteiger partial charge in [-0.15, -0.1) is 0 Å². The first-order valence-corrected chi connectivity index (χ1v) is 8.02. The fraction of sp³-hybridized carbons (Fsp3) is 0.625. The fourth-order valence-electron chi connectivity index (χ4n) is 2.96. The van der Waals surface area contributed by atoms with E-state index in [0.717, 1.165) is 42.2 Å². The standard InChI is InChI=1S/C16H25N5/c1-4-13-10-15(18-9-7-14-6-5-8-17-14)21-16(19-13)11(2)12(3)20-21/h10,14,17-18H,4-9H2,1-3H3/t14-/m1/s1. The number of hydrogen-bond acceptors (Lipinski definition) is 4. The average molecular weight is 287 g/mol. The van der Waals surface area contributed by atoms with Crippen LogP contribution >= 0.6 is 0 Å². The number of fused-ring (bicyclic) bond motifs is 1. The highest BCUT2D eigenvalue weighted by molar-refractivity contribution is 5.56. The molecule has 0 radical (unpaired) electrons. The molecule has 2 N–H and O–H groups in total. The van der Waals surface area contributed by atoms with Gasteiger partial charge in [-0.2, -0.15) is 9.61 Å². The van der Waals surface area contributed by atoms with Gasteiger partial charge in [-0.1, -0.05) is 6.92 Å². The predicted octanol–water partition coefficient (Wildman–Crippen LogP) is 2.46. The van der Waals surface area contributed by atoms with Crippen molar-refractivity contribution in [3.8, 4) is 0 Å². The Morgan fingerprint density at radius 2 is 2.29 bits per heavy atom. The third-order valence-corrected chi connectivity index (χ3v) is 4.43. The van der Waals surface area contributed by atoms with E-state index in [4.69, 9.17) is 4.98 Å². The maximum atomic E-state index is 4.71. The van der Waals surface area contributed by atoms with Gasteiger partial charge < -0.3 is 10.6 Å². The number of rotatable bonds is 5. The van der Waals surface area contributed by atoms with Crippen LogP contribution in [0.25, 0.3) is 5.65 Å². The Kier molecular flexibility index (Phi) is 4.10. The van der Waals surface area contributed by atoms with Gasteiger partial charge in [0, 0.05) is 29.9 Å². The minimum absolute atomic E-state index is 0.668. The van der Waals surface area contributed by atoms with Gasteiger partial charge in [-0.25, -0.2) is 4.98 Å². The highest BCUT2D eigenvalue weighted by atomic mass is 15.3. The summed E-state index contributed by atoms with van der Waals surface area (Å²) in [5.74, 6) is 1.06. The number of aromatic nitrogens is 3. The Hall–Kier alpha value is -1.62. The lowest BCUT2D eigenvalue weighted by molar-refractivity contribution is 0.573. The molecule has 2 aromatic rings. The zero-order valence-corrected chi connectivity index (χ0v) is 13.2. The summed E-state index contributed by atoms with van der Waals surface area (Å²) in [6.07, 6.45) is 4.71. The molecule has 1 aliphatic heterocycles. The van der Waals surface area contributed by atoms with E-state index in [9.17, 15) is 0 Å². The molecule has 0 aliphatic carbocycles. The molecule has 0 amide bonds. The SMILES string of the molecule is CCc1cc(NCC[C@H]2CCCN2)n2nc(C)c(C)c2n1. The van der Waals surface area contributed by atoms with Gasteiger partial charge in [0.15, 0.2) is 5.65 Å². The summed E-state index contributed by atoms with van der Waals surface area (Å²) >= 11 is 0. The van der Waals surface area contributed by atoms with Gasteiger partial charge in [0.1, 0.15) is 5.82 Å². The highest BCUT2D eigenvalue weighted by Gasteiger charge is 2.14. The minimum Gasteiger partial charge on any atom is -0.370 e. The van der Waals surface area contributed by atoms with Gasteiger partial charge in [-0.3, -0.25) is 0 Å². The van der Waals surface area contributed by atoms with Crippen LogP contribution in [0, 0.1) is 13.8 Å². The summed E-state index contributed by atoms with van der Waals surface area (Å²) in [5, 5.41) is 11.7. The van der Waals surface area contributed by atoms with Crippen molar-refractivity contribution in [1.29, 1.82) is 0 Å². The van der Waals surface area contributed by atoms with E-state index in [2.05, 4.69) is 35.6 Å². The van der Waals surface area contributed by atoms with Gasteiger partial charge in [0.05, 0.1) is 5.69 Å². The molecule has 1 aliphatic rings. The Morgan fingerprint density at radius 3 is 3.00 bits per heavy atom. The van der Waals surface area contributed by atoms with Crippen LogP contribution in [0.1, 0.15) is 43.1 Å². The number of nitrogens with one attached hydrogen (secondary N) is 2. The van der Waals surface area contributed by atoms with Gasteiger partial charge in [0.2, 0.25) is 0 Å². The lowest BCUT2D eigenvalue weighted by Crippen LogP contribution is -2.24. The molecule has 0 aromatic carbocycles. The van der Waals surface area contributed by atoms with Crippen molar-refractivity contribution in [2.75, 3.05) is 18.4 Å². The van der Waals surface area contributed by atoms with Crippen LogP contribution < -0.4 is 10.6 Å². The summed E-state index contributed by atoms with van der Waals surface area (Å²) < 4.78 is 1.95. The number of anilines is 1. The molecule has 0 unspecified atom stereocenters. The zero-order valence-electron chi connectivity index (χ0n) is 13.2. The van der Waals surface area contributed by atoms with Crippen molar-refractivity contribution in [1.82, 2.24) is 19.9 Å². The predicted molar refractivity (Wildman–Crippen MR) is 86.0 cm³/mol. The maximum absolute atomic E-state index is 4.71. The molecular weight excluding hydrogens is 262 g/mol. The van der Waals surface area contributed by atoms with Crippen LogP contribution in [0.2, 0.25) is 0 Å². The molecule has 1 atom stereocenters. The quantitative estimate of drug-likeness (QED) is 0.887. The monoisotopic (exact) mass is 287 g/mol. The zero-order chi connectivity index (χ0) is 14.8. The van der Waals surface area contributed by atoms with Gasteiger partial charge >= 0.3 is 0 Å². The van der Waals surface area contributed by atoms with E-state index in [0.29, 0.717) is 6.04 Å². The Bertz CT molecular complexity index is 625. The van der Waals surface area contributed by atoms with Gasteiger partial charge in [0.25, 0.3) is 0 Å². The van der Waals surface area contributed by atoms with Crippen molar-refractivity contribution in [2.24, 2.45) is 0 Å². The Morgan fingerprint density at radius 1 is 1.43 bits per heavy atom. The largest absolute Gasteiger partial charge is 0.370 e. The Balaban J connectivity index is 1.80. The van der Waals surface area contributed by atoms with Crippen molar-refractivity contribution >= 4 is 11.5 Å². The third-order valence-electron chi connectivity index (χ3n) is 4.43. The molecule has 3 rings (SSSR count). The second-order valence-corrected chi connectivity index (χ2v) is 5.94. The average Bonchev–Trinajstić information content (AvgIpc) is 3.09. The molecule has 1 fully saturated rings. The summed E-state index contributed by atoms with van der Waals surface area (Å²) in [6, 6.07) is 2.79. The molecule has 2 aromatic heterocycles. The first-order chi connectivity index (χ1) is 10.2. The van der Waals surface area contributed by atoms with E-state index >= 15 is 0 Å². The van der Waals surface area contributed by atoms with Crippen molar-refractivity contribution in [2.45, 2.75) is 52.5 Å². The fourth-order valence-corrected chi connectivity index (χ4v) is 2.96. The summed E-state index contributed by atoms with van der Waals surface area (Å²) in [4.78, 5) is 4.71. The van der Waals surface area contributed by atoms with E-state index in [-0.39, 0.29) is 0 Å². The summed E-state index contributed by atoms with van der Waals surface area (Å²) in [7, 11) is 0. The third kappa shape index (κ3) is 2.88. The van der Waals surface area contributed by atoms with Crippen LogP contribution in [-0.2, 0) is 6.42 Å².